The van der Waals surface area contributed by atoms with Gasteiger partial charge in [-0.05, 0) is 37.1 Å². The van der Waals surface area contributed by atoms with E-state index in [9.17, 15) is 9.59 Å². The number of amides is 2. The average molecular weight is 349 g/mol. The molecule has 0 aliphatic rings. The van der Waals surface area contributed by atoms with Gasteiger partial charge in [0.05, 0.1) is 7.11 Å². The lowest BCUT2D eigenvalue weighted by Crippen LogP contribution is -2.47. The van der Waals surface area contributed by atoms with Gasteiger partial charge in [0.2, 0.25) is 5.91 Å². The monoisotopic (exact) mass is 349 g/mol. The van der Waals surface area contributed by atoms with E-state index in [1.165, 1.54) is 12.7 Å². The molecule has 0 unspecified atom stereocenters. The Hall–Kier alpha value is -2.08. The van der Waals surface area contributed by atoms with Crippen LogP contribution in [0.25, 0.3) is 0 Å². The molecule has 0 saturated heterocycles. The fourth-order valence-corrected chi connectivity index (χ4v) is 2.48. The summed E-state index contributed by atoms with van der Waals surface area (Å²) in [4.78, 5) is 26.1. The van der Waals surface area contributed by atoms with Crippen molar-refractivity contribution < 1.29 is 14.3 Å². The molecule has 0 radical (unpaired) electrons. The number of methoxy groups -OCH3 is 1. The molecule has 1 rings (SSSR count). The van der Waals surface area contributed by atoms with Crippen molar-refractivity contribution in [3.63, 3.8) is 0 Å². The van der Waals surface area contributed by atoms with Crippen LogP contribution in [-0.4, -0.2) is 43.6 Å². The van der Waals surface area contributed by atoms with E-state index in [1.807, 2.05) is 26.0 Å². The molecule has 1 atom stereocenters. The number of hydrogen-bond acceptors (Lipinski definition) is 4. The van der Waals surface area contributed by atoms with Gasteiger partial charge in [0.15, 0.2) is 0 Å². The molecule has 6 heteroatoms. The lowest BCUT2D eigenvalue weighted by molar-refractivity contribution is -0.123. The summed E-state index contributed by atoms with van der Waals surface area (Å²) in [5, 5.41) is 5.50. The average Bonchev–Trinajstić information content (AvgIpc) is 2.58. The van der Waals surface area contributed by atoms with E-state index in [0.29, 0.717) is 13.0 Å². The molecule has 0 aromatic heterocycles. The first-order valence-corrected chi connectivity index (χ1v) is 8.74. The van der Waals surface area contributed by atoms with Crippen molar-refractivity contribution >= 4 is 12.0 Å². The first-order valence-electron chi connectivity index (χ1n) is 8.74. The van der Waals surface area contributed by atoms with Crippen LogP contribution < -0.4 is 10.6 Å². The minimum Gasteiger partial charge on any atom is -0.453 e. The fourth-order valence-electron chi connectivity index (χ4n) is 2.48. The van der Waals surface area contributed by atoms with Crippen molar-refractivity contribution in [3.8, 4) is 0 Å². The van der Waals surface area contributed by atoms with Gasteiger partial charge in [-0.1, -0.05) is 45.0 Å². The van der Waals surface area contributed by atoms with Crippen LogP contribution in [0, 0.1) is 5.92 Å². The molecule has 25 heavy (non-hydrogen) atoms. The third-order valence-electron chi connectivity index (χ3n) is 3.95. The quantitative estimate of drug-likeness (QED) is 0.719. The topological polar surface area (TPSA) is 70.7 Å². The predicted molar refractivity (Wildman–Crippen MR) is 99.1 cm³/mol. The van der Waals surface area contributed by atoms with E-state index < -0.39 is 12.1 Å². The fraction of sp³-hybridized carbons (Fsp3) is 0.579. The van der Waals surface area contributed by atoms with Gasteiger partial charge >= 0.3 is 6.09 Å². The summed E-state index contributed by atoms with van der Waals surface area (Å²) in [6.45, 7) is 8.42. The van der Waals surface area contributed by atoms with Crippen LogP contribution in [0.2, 0.25) is 0 Å². The summed E-state index contributed by atoms with van der Waals surface area (Å²) in [7, 11) is 3.36. The summed E-state index contributed by atoms with van der Waals surface area (Å²) in [6, 6.07) is 7.57. The maximum atomic E-state index is 12.4. The van der Waals surface area contributed by atoms with Crippen LogP contribution >= 0.6 is 0 Å². The second-order valence-corrected chi connectivity index (χ2v) is 6.69. The zero-order valence-electron chi connectivity index (χ0n) is 16.0. The second kappa shape index (κ2) is 10.7. The van der Waals surface area contributed by atoms with Gasteiger partial charge in [-0.25, -0.2) is 4.79 Å². The number of rotatable bonds is 9. The predicted octanol–water partition coefficient (Wildman–Crippen LogP) is 2.53. The molecular weight excluding hydrogens is 318 g/mol. The number of alkyl carbamates (subject to hydrolysis) is 1. The summed E-state index contributed by atoms with van der Waals surface area (Å²) in [6.07, 6.45) is -0.0344. The van der Waals surface area contributed by atoms with Gasteiger partial charge < -0.3 is 20.3 Å². The highest BCUT2D eigenvalue weighted by Gasteiger charge is 2.22. The van der Waals surface area contributed by atoms with E-state index in [2.05, 4.69) is 46.4 Å². The van der Waals surface area contributed by atoms with Crippen LogP contribution in [0.4, 0.5) is 4.79 Å². The van der Waals surface area contributed by atoms with E-state index >= 15 is 0 Å². The van der Waals surface area contributed by atoms with Gasteiger partial charge in [0, 0.05) is 13.1 Å². The summed E-state index contributed by atoms with van der Waals surface area (Å²) in [5.41, 5.74) is 2.25. The lowest BCUT2D eigenvalue weighted by atomic mass is 10.0. The lowest BCUT2D eigenvalue weighted by Gasteiger charge is -2.19. The highest BCUT2D eigenvalue weighted by Crippen LogP contribution is 2.09. The van der Waals surface area contributed by atoms with Crippen LogP contribution in [0.3, 0.4) is 0 Å². The number of ether oxygens (including phenoxy) is 1. The molecule has 6 nitrogen and oxygen atoms in total. The molecule has 2 amide bonds. The molecule has 140 valence electrons. The largest absolute Gasteiger partial charge is 0.453 e. The molecule has 0 saturated carbocycles. The molecule has 0 spiro atoms. The maximum Gasteiger partial charge on any atom is 0.407 e. The van der Waals surface area contributed by atoms with Gasteiger partial charge in [-0.2, -0.15) is 0 Å². The molecule has 1 aromatic rings. The standard InChI is InChI=1S/C19H31N3O3/c1-6-22(4)13-16-9-7-8-15(11-16)12-20-18(23)17(10-14(2)3)21-19(24)25-5/h7-9,11,14,17H,6,10,12-13H2,1-5H3,(H,20,23)(H,21,24)/t17-/m1/s1. The highest BCUT2D eigenvalue weighted by molar-refractivity contribution is 5.85. The Morgan fingerprint density at radius 2 is 1.92 bits per heavy atom. The molecule has 0 bridgehead atoms. The molecule has 0 aliphatic carbocycles. The molecule has 1 aromatic carbocycles. The number of carbonyl (C=O) groups is 2. The third-order valence-corrected chi connectivity index (χ3v) is 3.95. The molecule has 2 N–H and O–H groups in total. The minimum atomic E-state index is -0.596. The van der Waals surface area contributed by atoms with Crippen molar-refractivity contribution in [3.05, 3.63) is 35.4 Å². The van der Waals surface area contributed by atoms with E-state index in [4.69, 9.17) is 0 Å². The van der Waals surface area contributed by atoms with Crippen LogP contribution in [0.5, 0.6) is 0 Å². The van der Waals surface area contributed by atoms with Crippen LogP contribution in [-0.2, 0) is 22.6 Å². The second-order valence-electron chi connectivity index (χ2n) is 6.69. The smallest absolute Gasteiger partial charge is 0.407 e. The zero-order valence-corrected chi connectivity index (χ0v) is 16.0. The number of hydrogen-bond donors (Lipinski definition) is 2. The first kappa shape index (κ1) is 21.0. The van der Waals surface area contributed by atoms with Crippen molar-refractivity contribution in [1.29, 1.82) is 0 Å². The normalized spacial score (nSPS) is 12.1. The number of benzene rings is 1. The Labute approximate surface area is 150 Å². The SMILES string of the molecule is CCN(C)Cc1cccc(CNC(=O)[C@@H](CC(C)C)NC(=O)OC)c1. The minimum absolute atomic E-state index is 0.199. The number of nitrogens with one attached hydrogen (secondary N) is 2. The Bertz CT molecular complexity index is 561. The van der Waals surface area contributed by atoms with Gasteiger partial charge in [0.25, 0.3) is 0 Å². The number of carbonyl (C=O) groups excluding carboxylic acids is 2. The highest BCUT2D eigenvalue weighted by atomic mass is 16.5. The Morgan fingerprint density at radius 1 is 1.24 bits per heavy atom. The van der Waals surface area contributed by atoms with Crippen molar-refractivity contribution in [2.45, 2.75) is 46.3 Å². The van der Waals surface area contributed by atoms with E-state index in [-0.39, 0.29) is 11.8 Å². The van der Waals surface area contributed by atoms with Crippen LogP contribution in [0.15, 0.2) is 24.3 Å². The van der Waals surface area contributed by atoms with Gasteiger partial charge in [-0.3, -0.25) is 4.79 Å². The summed E-state index contributed by atoms with van der Waals surface area (Å²) < 4.78 is 4.60. The summed E-state index contributed by atoms with van der Waals surface area (Å²) >= 11 is 0. The summed E-state index contributed by atoms with van der Waals surface area (Å²) in [5.74, 6) is 0.0796. The van der Waals surface area contributed by atoms with Crippen molar-refractivity contribution in [2.24, 2.45) is 5.92 Å². The molecule has 0 heterocycles. The van der Waals surface area contributed by atoms with E-state index in [0.717, 1.165) is 18.7 Å². The van der Waals surface area contributed by atoms with E-state index in [1.54, 1.807) is 0 Å². The third kappa shape index (κ3) is 8.03. The van der Waals surface area contributed by atoms with Gasteiger partial charge in [0.1, 0.15) is 6.04 Å². The molecule has 0 aliphatic heterocycles. The Balaban J connectivity index is 2.65. The maximum absolute atomic E-state index is 12.4. The first-order chi connectivity index (χ1) is 11.8. The van der Waals surface area contributed by atoms with Crippen molar-refractivity contribution in [1.82, 2.24) is 15.5 Å². The Morgan fingerprint density at radius 3 is 2.52 bits per heavy atom. The molecular formula is C19H31N3O3. The van der Waals surface area contributed by atoms with Crippen LogP contribution in [0.1, 0.15) is 38.3 Å². The Kier molecular flexibility index (Phi) is 8.99. The molecule has 0 fully saturated rings. The number of nitrogens with zero attached hydrogens (tertiary/aromatic N) is 1. The van der Waals surface area contributed by atoms with Gasteiger partial charge in [-0.15, -0.1) is 0 Å². The zero-order chi connectivity index (χ0) is 18.8. The van der Waals surface area contributed by atoms with Crippen molar-refractivity contribution in [2.75, 3.05) is 20.7 Å².